The highest BCUT2D eigenvalue weighted by Gasteiger charge is 2.33. The number of hydrogen-bond donors (Lipinski definition) is 4. The molecule has 6 N–H and O–H groups in total. The molecule has 2 aliphatic heterocycles. The van der Waals surface area contributed by atoms with E-state index in [9.17, 15) is 18.0 Å². The molecule has 0 aromatic heterocycles. The highest BCUT2D eigenvalue weighted by molar-refractivity contribution is 7.89. The summed E-state index contributed by atoms with van der Waals surface area (Å²) in [6.07, 6.45) is 3.76. The molecule has 2 aliphatic rings. The van der Waals surface area contributed by atoms with Crippen LogP contribution in [-0.4, -0.2) is 70.0 Å². The number of ether oxygens (including phenoxy) is 1. The number of piperidine rings is 1. The molecule has 0 aliphatic carbocycles. The Labute approximate surface area is 238 Å². The van der Waals surface area contributed by atoms with Gasteiger partial charge in [0.15, 0.2) is 5.96 Å². The van der Waals surface area contributed by atoms with E-state index < -0.39 is 21.5 Å². The van der Waals surface area contributed by atoms with Crippen LogP contribution in [0.2, 0.25) is 0 Å². The number of esters is 1. The van der Waals surface area contributed by atoms with Gasteiger partial charge in [-0.3, -0.25) is 14.6 Å². The van der Waals surface area contributed by atoms with Crippen LogP contribution in [-0.2, 0) is 30.8 Å². The first-order valence-electron chi connectivity index (χ1n) is 14.2. The number of likely N-dealkylation sites (tertiary alicyclic amines) is 1. The summed E-state index contributed by atoms with van der Waals surface area (Å²) >= 11 is 0. The fourth-order valence-electron chi connectivity index (χ4n) is 5.08. The molecule has 224 valence electrons. The third-order valence-corrected chi connectivity index (χ3v) is 8.95. The third kappa shape index (κ3) is 8.82. The Morgan fingerprint density at radius 2 is 1.93 bits per heavy atom. The van der Waals surface area contributed by atoms with Gasteiger partial charge in [0.05, 0.1) is 17.7 Å². The number of para-hydroxylation sites is 1. The molecule has 0 spiro atoms. The number of sulfonamides is 1. The van der Waals surface area contributed by atoms with E-state index in [0.717, 1.165) is 31.2 Å². The van der Waals surface area contributed by atoms with Crippen molar-refractivity contribution >= 4 is 33.5 Å². The van der Waals surface area contributed by atoms with E-state index in [2.05, 4.69) is 22.0 Å². The zero-order valence-electron chi connectivity index (χ0n) is 24.2. The molecular formula is C28H46N6O5S. The van der Waals surface area contributed by atoms with Gasteiger partial charge in [0.1, 0.15) is 10.9 Å². The van der Waals surface area contributed by atoms with Crippen molar-refractivity contribution < 1.29 is 22.7 Å². The van der Waals surface area contributed by atoms with Crippen LogP contribution in [0.3, 0.4) is 0 Å². The van der Waals surface area contributed by atoms with Crippen molar-refractivity contribution in [2.75, 3.05) is 38.1 Å². The summed E-state index contributed by atoms with van der Waals surface area (Å²) in [7, 11) is -3.99. The standard InChI is InChI=1S/C28H46N6O5S/c1-19-17-21-7-5-9-23(24(21)32-18-19)40(37,38)33-22(8-6-13-31-27(29)30)25(35)34-14-10-20(11-15-34)12-16-39-26(36)28(2,3)4/h5,7,9,19-20,22,32-33H,6,8,10-18H2,1-4H3,(H4,29,30,31)/t19?,22-/m0/s1. The number of benzene rings is 1. The fourth-order valence-corrected chi connectivity index (χ4v) is 6.53. The molecule has 1 amide bonds. The molecule has 0 saturated carbocycles. The minimum atomic E-state index is -3.99. The van der Waals surface area contributed by atoms with Crippen LogP contribution >= 0.6 is 0 Å². The minimum absolute atomic E-state index is 0.0464. The normalized spacial score (nSPS) is 18.8. The van der Waals surface area contributed by atoms with Crippen molar-refractivity contribution in [3.63, 3.8) is 0 Å². The number of nitrogens with one attached hydrogen (secondary N) is 2. The highest BCUT2D eigenvalue weighted by Crippen LogP contribution is 2.31. The van der Waals surface area contributed by atoms with Gasteiger partial charge in [-0.1, -0.05) is 19.1 Å². The van der Waals surface area contributed by atoms with Gasteiger partial charge in [0.25, 0.3) is 0 Å². The Balaban J connectivity index is 1.66. The van der Waals surface area contributed by atoms with E-state index in [0.29, 0.717) is 56.7 Å². The summed E-state index contributed by atoms with van der Waals surface area (Å²) in [5, 5.41) is 3.26. The van der Waals surface area contributed by atoms with E-state index in [4.69, 9.17) is 16.2 Å². The van der Waals surface area contributed by atoms with Gasteiger partial charge >= 0.3 is 5.97 Å². The number of rotatable bonds is 11. The van der Waals surface area contributed by atoms with Crippen molar-refractivity contribution in [3.8, 4) is 0 Å². The molecule has 1 aromatic rings. The maximum Gasteiger partial charge on any atom is 0.311 e. The molecule has 1 aromatic carbocycles. The molecule has 1 unspecified atom stereocenters. The molecule has 0 radical (unpaired) electrons. The summed E-state index contributed by atoms with van der Waals surface area (Å²) in [5.74, 6) is 0.211. The summed E-state index contributed by atoms with van der Waals surface area (Å²) < 4.78 is 35.3. The molecule has 2 heterocycles. The maximum absolute atomic E-state index is 13.6. The van der Waals surface area contributed by atoms with Gasteiger partial charge in [0.2, 0.25) is 15.9 Å². The second-order valence-corrected chi connectivity index (χ2v) is 13.7. The number of anilines is 1. The summed E-state index contributed by atoms with van der Waals surface area (Å²) in [5.41, 5.74) is 11.9. The van der Waals surface area contributed by atoms with Gasteiger partial charge in [-0.25, -0.2) is 8.42 Å². The van der Waals surface area contributed by atoms with Crippen molar-refractivity contribution in [2.45, 2.75) is 77.2 Å². The Morgan fingerprint density at radius 3 is 2.58 bits per heavy atom. The summed E-state index contributed by atoms with van der Waals surface area (Å²) in [6, 6.07) is 4.31. The lowest BCUT2D eigenvalue weighted by molar-refractivity contribution is -0.153. The number of guanidine groups is 1. The second kappa shape index (κ2) is 13.7. The lowest BCUT2D eigenvalue weighted by Crippen LogP contribution is -2.50. The minimum Gasteiger partial charge on any atom is -0.465 e. The van der Waals surface area contributed by atoms with Gasteiger partial charge < -0.3 is 26.4 Å². The molecule has 1 saturated heterocycles. The second-order valence-electron chi connectivity index (χ2n) is 12.0. The number of carbonyl (C=O) groups is 2. The SMILES string of the molecule is CC1CNc2c(cccc2S(=O)(=O)N[C@@H](CCCN=C(N)N)C(=O)N2CCC(CCOC(=O)C(C)(C)C)CC2)C1. The van der Waals surface area contributed by atoms with Crippen LogP contribution < -0.4 is 21.5 Å². The average molecular weight is 579 g/mol. The molecule has 12 heteroatoms. The zero-order valence-corrected chi connectivity index (χ0v) is 25.1. The van der Waals surface area contributed by atoms with Crippen LogP contribution in [0.4, 0.5) is 5.69 Å². The Bertz CT molecular complexity index is 1170. The van der Waals surface area contributed by atoms with E-state index in [1.807, 2.05) is 26.8 Å². The number of carbonyl (C=O) groups excluding carboxylic acids is 2. The lowest BCUT2D eigenvalue weighted by Gasteiger charge is -2.34. The quantitative estimate of drug-likeness (QED) is 0.134. The zero-order chi connectivity index (χ0) is 29.5. The number of hydrogen-bond acceptors (Lipinski definition) is 7. The number of aliphatic imine (C=N–C) groups is 1. The smallest absolute Gasteiger partial charge is 0.311 e. The van der Waals surface area contributed by atoms with Crippen LogP contribution in [0.1, 0.15) is 65.4 Å². The molecule has 40 heavy (non-hydrogen) atoms. The van der Waals surface area contributed by atoms with Crippen LogP contribution in [0.25, 0.3) is 0 Å². The third-order valence-electron chi connectivity index (χ3n) is 7.44. The van der Waals surface area contributed by atoms with Crippen molar-refractivity contribution in [3.05, 3.63) is 23.8 Å². The number of nitrogens with zero attached hydrogens (tertiary/aromatic N) is 2. The van der Waals surface area contributed by atoms with E-state index in [1.54, 1.807) is 17.0 Å². The molecular weight excluding hydrogens is 532 g/mol. The Kier molecular flexibility index (Phi) is 10.8. The van der Waals surface area contributed by atoms with E-state index in [-0.39, 0.29) is 29.2 Å². The molecule has 3 rings (SSSR count). The lowest BCUT2D eigenvalue weighted by atomic mass is 9.93. The highest BCUT2D eigenvalue weighted by atomic mass is 32.2. The number of fused-ring (bicyclic) bond motifs is 1. The van der Waals surface area contributed by atoms with E-state index in [1.165, 1.54) is 0 Å². The number of amides is 1. The fraction of sp³-hybridized carbons (Fsp3) is 0.679. The molecule has 1 fully saturated rings. The maximum atomic E-state index is 13.6. The largest absolute Gasteiger partial charge is 0.465 e. The van der Waals surface area contributed by atoms with Crippen LogP contribution in [0.5, 0.6) is 0 Å². The van der Waals surface area contributed by atoms with Gasteiger partial charge in [-0.2, -0.15) is 4.72 Å². The molecule has 11 nitrogen and oxygen atoms in total. The van der Waals surface area contributed by atoms with Gasteiger partial charge in [0, 0.05) is 26.2 Å². The van der Waals surface area contributed by atoms with Crippen molar-refractivity contribution in [1.29, 1.82) is 0 Å². The van der Waals surface area contributed by atoms with Crippen molar-refractivity contribution in [1.82, 2.24) is 9.62 Å². The average Bonchev–Trinajstić information content (AvgIpc) is 2.89. The van der Waals surface area contributed by atoms with Crippen LogP contribution in [0, 0.1) is 17.3 Å². The Morgan fingerprint density at radius 1 is 1.23 bits per heavy atom. The van der Waals surface area contributed by atoms with Crippen molar-refractivity contribution in [2.24, 2.45) is 33.7 Å². The molecule has 2 atom stereocenters. The number of nitrogens with two attached hydrogens (primary N) is 2. The first kappa shape index (κ1) is 31.7. The van der Waals surface area contributed by atoms with Gasteiger partial charge in [-0.05, 0) is 82.8 Å². The molecule has 0 bridgehead atoms. The predicted octanol–water partition coefficient (Wildman–Crippen LogP) is 2.21. The monoisotopic (exact) mass is 578 g/mol. The first-order valence-corrected chi connectivity index (χ1v) is 15.7. The van der Waals surface area contributed by atoms with Crippen LogP contribution in [0.15, 0.2) is 28.1 Å². The van der Waals surface area contributed by atoms with Gasteiger partial charge in [-0.15, -0.1) is 0 Å². The van der Waals surface area contributed by atoms with E-state index >= 15 is 0 Å². The summed E-state index contributed by atoms with van der Waals surface area (Å²) in [6.45, 7) is 9.96. The summed E-state index contributed by atoms with van der Waals surface area (Å²) in [4.78, 5) is 31.5. The Hall–Kier alpha value is -2.86. The predicted molar refractivity (Wildman–Crippen MR) is 156 cm³/mol. The topological polar surface area (TPSA) is 169 Å². The first-order chi connectivity index (χ1) is 18.8.